The second kappa shape index (κ2) is 12.6. The van der Waals surface area contributed by atoms with Crippen LogP contribution in [0, 0.1) is 6.92 Å². The molecule has 6 aromatic rings. The van der Waals surface area contributed by atoms with E-state index in [9.17, 15) is 4.79 Å². The number of anilines is 2. The molecule has 6 rings (SSSR count). The summed E-state index contributed by atoms with van der Waals surface area (Å²) in [6.45, 7) is 2.63. The fourth-order valence-electron chi connectivity index (χ4n) is 4.79. The number of aryl methyl sites for hydroxylation is 1. The third kappa shape index (κ3) is 6.33. The largest absolute Gasteiger partial charge is 0.487 e. The van der Waals surface area contributed by atoms with Crippen molar-refractivity contribution >= 4 is 51.4 Å². The molecule has 3 aromatic carbocycles. The van der Waals surface area contributed by atoms with Crippen molar-refractivity contribution in [2.45, 2.75) is 20.1 Å². The number of aromatic nitrogens is 3. The molecular weight excluding hydrogens is 581 g/mol. The normalized spacial score (nSPS) is 11.0. The van der Waals surface area contributed by atoms with Gasteiger partial charge in [-0.25, -0.2) is 4.98 Å². The molecule has 0 bridgehead atoms. The van der Waals surface area contributed by atoms with Crippen molar-refractivity contribution in [2.24, 2.45) is 0 Å². The van der Waals surface area contributed by atoms with E-state index in [1.54, 1.807) is 30.6 Å². The number of hydrogen-bond donors (Lipinski definition) is 2. The molecule has 3 heterocycles. The van der Waals surface area contributed by atoms with E-state index >= 15 is 0 Å². The Kier molecular flexibility index (Phi) is 8.27. The maximum absolute atomic E-state index is 12.7. The van der Waals surface area contributed by atoms with Gasteiger partial charge >= 0.3 is 0 Å². The summed E-state index contributed by atoms with van der Waals surface area (Å²) in [5, 5.41) is 8.30. The molecule has 0 saturated carbocycles. The average molecular weight is 609 g/mol. The van der Waals surface area contributed by atoms with Gasteiger partial charge in [0.25, 0.3) is 5.91 Å². The molecule has 214 valence electrons. The van der Waals surface area contributed by atoms with Crippen molar-refractivity contribution in [3.05, 3.63) is 142 Å². The third-order valence-electron chi connectivity index (χ3n) is 6.97. The minimum atomic E-state index is -0.211. The molecule has 9 heteroatoms. The predicted molar refractivity (Wildman–Crippen MR) is 173 cm³/mol. The highest BCUT2D eigenvalue weighted by Gasteiger charge is 2.16. The first kappa shape index (κ1) is 28.3. The van der Waals surface area contributed by atoms with Crippen LogP contribution in [0.1, 0.15) is 27.3 Å². The third-order valence-corrected chi connectivity index (χ3v) is 7.75. The first-order valence-electron chi connectivity index (χ1n) is 13.6. The molecule has 1 amide bonds. The molecule has 7 nitrogen and oxygen atoms in total. The number of amides is 1. The second-order valence-electron chi connectivity index (χ2n) is 9.93. The van der Waals surface area contributed by atoms with Crippen LogP contribution in [0.2, 0.25) is 10.0 Å². The van der Waals surface area contributed by atoms with Gasteiger partial charge in [-0.1, -0.05) is 47.5 Å². The molecule has 0 fully saturated rings. The number of carbonyl (C=O) groups is 1. The summed E-state index contributed by atoms with van der Waals surface area (Å²) >= 11 is 13.6. The Morgan fingerprint density at radius 2 is 1.79 bits per heavy atom. The molecular formula is C34H27Cl2N5O2. The Labute approximate surface area is 259 Å². The number of nitrogens with one attached hydrogen (secondary N) is 2. The molecule has 3 aromatic heterocycles. The first-order valence-corrected chi connectivity index (χ1v) is 14.4. The maximum Gasteiger partial charge on any atom is 0.255 e. The number of hydrogen-bond acceptors (Lipinski definition) is 5. The quantitative estimate of drug-likeness (QED) is 0.172. The minimum absolute atomic E-state index is 0.184. The van der Waals surface area contributed by atoms with E-state index in [1.807, 2.05) is 90.5 Å². The van der Waals surface area contributed by atoms with Crippen molar-refractivity contribution in [1.29, 1.82) is 0 Å². The van der Waals surface area contributed by atoms with Gasteiger partial charge in [0.2, 0.25) is 0 Å². The number of fused-ring (bicyclic) bond motifs is 1. The molecule has 0 spiro atoms. The summed E-state index contributed by atoms with van der Waals surface area (Å²) in [7, 11) is 0. The van der Waals surface area contributed by atoms with E-state index in [2.05, 4.69) is 20.6 Å². The van der Waals surface area contributed by atoms with Crippen LogP contribution in [0.3, 0.4) is 0 Å². The van der Waals surface area contributed by atoms with E-state index < -0.39 is 0 Å². The number of ether oxygens (including phenoxy) is 1. The van der Waals surface area contributed by atoms with Gasteiger partial charge in [0.1, 0.15) is 17.9 Å². The predicted octanol–water partition coefficient (Wildman–Crippen LogP) is 8.48. The lowest BCUT2D eigenvalue weighted by Gasteiger charge is -2.17. The number of nitrogens with zero attached hydrogens (tertiary/aromatic N) is 3. The van der Waals surface area contributed by atoms with Gasteiger partial charge in [-0.05, 0) is 73.7 Å². The van der Waals surface area contributed by atoms with Crippen LogP contribution in [0.5, 0.6) is 5.75 Å². The van der Waals surface area contributed by atoms with Crippen LogP contribution in [0.4, 0.5) is 11.4 Å². The topological polar surface area (TPSA) is 81.1 Å². The fraction of sp³-hybridized carbons (Fsp3) is 0.0882. The first-order chi connectivity index (χ1) is 21.0. The number of para-hydroxylation sites is 1. The lowest BCUT2D eigenvalue weighted by Crippen LogP contribution is -2.12. The second-order valence-corrected chi connectivity index (χ2v) is 10.7. The van der Waals surface area contributed by atoms with Crippen molar-refractivity contribution in [3.8, 4) is 11.4 Å². The van der Waals surface area contributed by atoms with Crippen molar-refractivity contribution in [3.63, 3.8) is 0 Å². The number of benzene rings is 3. The number of rotatable bonds is 9. The van der Waals surface area contributed by atoms with Crippen LogP contribution < -0.4 is 15.4 Å². The van der Waals surface area contributed by atoms with Gasteiger partial charge in [0.05, 0.1) is 29.1 Å². The lowest BCUT2D eigenvalue weighted by atomic mass is 10.1. The van der Waals surface area contributed by atoms with Crippen molar-refractivity contribution in [2.75, 3.05) is 10.6 Å². The average Bonchev–Trinajstić information content (AvgIpc) is 3.49. The maximum atomic E-state index is 12.7. The molecule has 0 radical (unpaired) electrons. The molecule has 0 unspecified atom stereocenters. The highest BCUT2D eigenvalue weighted by Crippen LogP contribution is 2.34. The Morgan fingerprint density at radius 1 is 0.930 bits per heavy atom. The zero-order valence-electron chi connectivity index (χ0n) is 23.2. The summed E-state index contributed by atoms with van der Waals surface area (Å²) < 4.78 is 8.22. The van der Waals surface area contributed by atoms with Crippen molar-refractivity contribution in [1.82, 2.24) is 14.5 Å². The molecule has 2 N–H and O–H groups in total. The van der Waals surface area contributed by atoms with Gasteiger partial charge in [-0.2, -0.15) is 0 Å². The molecule has 0 aliphatic rings. The lowest BCUT2D eigenvalue weighted by molar-refractivity contribution is 0.102. The van der Waals surface area contributed by atoms with Gasteiger partial charge < -0.3 is 19.9 Å². The monoisotopic (exact) mass is 607 g/mol. The van der Waals surface area contributed by atoms with Crippen LogP contribution in [0.25, 0.3) is 16.6 Å². The smallest absolute Gasteiger partial charge is 0.255 e. The number of halogens is 2. The van der Waals surface area contributed by atoms with Crippen LogP contribution in [-0.4, -0.2) is 20.4 Å². The number of carbonyl (C=O) groups excluding carboxylic acids is 1. The zero-order valence-corrected chi connectivity index (χ0v) is 24.7. The van der Waals surface area contributed by atoms with E-state index in [0.29, 0.717) is 39.2 Å². The molecule has 0 aliphatic heterocycles. The Hall–Kier alpha value is -4.85. The molecule has 43 heavy (non-hydrogen) atoms. The summed E-state index contributed by atoms with van der Waals surface area (Å²) in [4.78, 5) is 21.4. The Morgan fingerprint density at radius 3 is 2.65 bits per heavy atom. The van der Waals surface area contributed by atoms with Gasteiger partial charge in [0, 0.05) is 51.0 Å². The molecule has 0 saturated heterocycles. The van der Waals surface area contributed by atoms with Gasteiger partial charge in [-0.3, -0.25) is 9.78 Å². The molecule has 0 atom stereocenters. The van der Waals surface area contributed by atoms with Crippen molar-refractivity contribution < 1.29 is 9.53 Å². The summed E-state index contributed by atoms with van der Waals surface area (Å²) in [6, 6.07) is 28.4. The molecule has 0 aliphatic carbocycles. The van der Waals surface area contributed by atoms with Crippen LogP contribution in [-0.2, 0) is 13.2 Å². The highest BCUT2D eigenvalue weighted by atomic mass is 35.5. The van der Waals surface area contributed by atoms with E-state index in [1.165, 1.54) is 0 Å². The Bertz CT molecular complexity index is 1920. The van der Waals surface area contributed by atoms with Crippen LogP contribution in [0.15, 0.2) is 110 Å². The minimum Gasteiger partial charge on any atom is -0.487 e. The van der Waals surface area contributed by atoms with E-state index in [4.69, 9.17) is 27.9 Å². The Balaban J connectivity index is 1.18. The van der Waals surface area contributed by atoms with E-state index in [0.717, 1.165) is 33.7 Å². The fourth-order valence-corrected chi connectivity index (χ4v) is 5.36. The summed E-state index contributed by atoms with van der Waals surface area (Å²) in [6.07, 6.45) is 5.22. The summed E-state index contributed by atoms with van der Waals surface area (Å²) in [5.74, 6) is 0.457. The standard InChI is InChI=1S/C34H27Cl2N5O2/c1-22-12-13-23-6-3-11-31(33(23)39-22)43-21-28-29(35)14-15-30(32(28)36)41-17-5-10-27(41)20-38-25-8-2-7-24(18-25)34(42)40-26-9-4-16-37-19-26/h2-19,38H,20-21H2,1H3,(H,40,42). The summed E-state index contributed by atoms with van der Waals surface area (Å²) in [5.41, 5.74) is 6.12. The van der Waals surface area contributed by atoms with Gasteiger partial charge in [-0.15, -0.1) is 0 Å². The zero-order chi connectivity index (χ0) is 29.8. The van der Waals surface area contributed by atoms with Crippen LogP contribution >= 0.6 is 23.2 Å². The SMILES string of the molecule is Cc1ccc2cccc(OCc3c(Cl)ccc(-n4cccc4CNc4cccc(C(=O)Nc5cccnc5)c4)c3Cl)c2n1. The number of pyridine rings is 2. The highest BCUT2D eigenvalue weighted by molar-refractivity contribution is 6.37. The van der Waals surface area contributed by atoms with E-state index in [-0.39, 0.29) is 12.5 Å². The van der Waals surface area contributed by atoms with Gasteiger partial charge in [0.15, 0.2) is 0 Å².